The number of methoxy groups -OCH3 is 2. The van der Waals surface area contributed by atoms with Gasteiger partial charge in [-0.25, -0.2) is 0 Å². The fourth-order valence-corrected chi connectivity index (χ4v) is 1.64. The Labute approximate surface area is 114 Å². The Balaban J connectivity index is 2.79. The number of hydrogen-bond acceptors (Lipinski definition) is 4. The van der Waals surface area contributed by atoms with Crippen LogP contribution in [0.4, 0.5) is 0 Å². The van der Waals surface area contributed by atoms with Crippen molar-refractivity contribution in [3.05, 3.63) is 23.8 Å². The Morgan fingerprint density at radius 1 is 1.32 bits per heavy atom. The SMILES string of the molecule is COc1ccc(CC(=O)NC(C)(C)CN)c(OC)c1. The van der Waals surface area contributed by atoms with Gasteiger partial charge < -0.3 is 20.5 Å². The summed E-state index contributed by atoms with van der Waals surface area (Å²) in [4.78, 5) is 12.0. The molecule has 0 aliphatic rings. The largest absolute Gasteiger partial charge is 0.497 e. The first-order chi connectivity index (χ1) is 8.91. The Morgan fingerprint density at radius 2 is 2.00 bits per heavy atom. The van der Waals surface area contributed by atoms with Gasteiger partial charge in [-0.3, -0.25) is 4.79 Å². The molecule has 19 heavy (non-hydrogen) atoms. The second-order valence-corrected chi connectivity index (χ2v) is 4.99. The minimum absolute atomic E-state index is 0.0843. The molecule has 1 aromatic rings. The highest BCUT2D eigenvalue weighted by molar-refractivity contribution is 5.80. The fourth-order valence-electron chi connectivity index (χ4n) is 1.64. The lowest BCUT2D eigenvalue weighted by Gasteiger charge is -2.24. The molecule has 3 N–H and O–H groups in total. The van der Waals surface area contributed by atoms with E-state index in [0.717, 1.165) is 5.56 Å². The van der Waals surface area contributed by atoms with Gasteiger partial charge in [0.2, 0.25) is 5.91 Å². The summed E-state index contributed by atoms with van der Waals surface area (Å²) in [5, 5.41) is 2.88. The summed E-state index contributed by atoms with van der Waals surface area (Å²) in [6.45, 7) is 4.16. The van der Waals surface area contributed by atoms with E-state index in [0.29, 0.717) is 18.0 Å². The molecule has 0 unspecified atom stereocenters. The van der Waals surface area contributed by atoms with Crippen LogP contribution in [0.15, 0.2) is 18.2 Å². The zero-order valence-electron chi connectivity index (χ0n) is 11.9. The summed E-state index contributed by atoms with van der Waals surface area (Å²) in [5.74, 6) is 1.25. The lowest BCUT2D eigenvalue weighted by molar-refractivity contribution is -0.121. The van der Waals surface area contributed by atoms with E-state index in [4.69, 9.17) is 15.2 Å². The quantitative estimate of drug-likeness (QED) is 0.808. The van der Waals surface area contributed by atoms with Gasteiger partial charge in [0.15, 0.2) is 0 Å². The standard InChI is InChI=1S/C14H22N2O3/c1-14(2,9-15)16-13(17)7-10-5-6-11(18-3)8-12(10)19-4/h5-6,8H,7,9,15H2,1-4H3,(H,16,17). The molecule has 0 bridgehead atoms. The van der Waals surface area contributed by atoms with Gasteiger partial charge in [0.05, 0.1) is 20.6 Å². The maximum Gasteiger partial charge on any atom is 0.225 e. The number of nitrogens with two attached hydrogens (primary N) is 1. The van der Waals surface area contributed by atoms with Gasteiger partial charge in [0.25, 0.3) is 0 Å². The molecule has 0 aromatic heterocycles. The summed E-state index contributed by atoms with van der Waals surface area (Å²) < 4.78 is 10.4. The van der Waals surface area contributed by atoms with Gasteiger partial charge in [-0.1, -0.05) is 6.07 Å². The van der Waals surface area contributed by atoms with Gasteiger partial charge in [-0.15, -0.1) is 0 Å². The van der Waals surface area contributed by atoms with E-state index in [1.54, 1.807) is 26.4 Å². The number of carbonyl (C=O) groups is 1. The molecule has 0 radical (unpaired) electrons. The number of nitrogens with one attached hydrogen (secondary N) is 1. The van der Waals surface area contributed by atoms with Crippen molar-refractivity contribution in [2.75, 3.05) is 20.8 Å². The number of hydrogen-bond donors (Lipinski definition) is 2. The van der Waals surface area contributed by atoms with Crippen LogP contribution in [-0.4, -0.2) is 32.2 Å². The van der Waals surface area contributed by atoms with Crippen LogP contribution in [0.5, 0.6) is 11.5 Å². The molecule has 0 aliphatic carbocycles. The van der Waals surface area contributed by atoms with E-state index < -0.39 is 5.54 Å². The van der Waals surface area contributed by atoms with Crippen LogP contribution in [0.2, 0.25) is 0 Å². The summed E-state index contributed by atoms with van der Waals surface area (Å²) >= 11 is 0. The van der Waals surface area contributed by atoms with Crippen molar-refractivity contribution >= 4 is 5.91 Å². The average molecular weight is 266 g/mol. The second kappa shape index (κ2) is 6.43. The minimum atomic E-state index is -0.406. The number of amides is 1. The van der Waals surface area contributed by atoms with E-state index in [1.807, 2.05) is 19.9 Å². The van der Waals surface area contributed by atoms with Crippen molar-refractivity contribution in [2.24, 2.45) is 5.73 Å². The smallest absolute Gasteiger partial charge is 0.225 e. The first-order valence-corrected chi connectivity index (χ1v) is 6.14. The number of benzene rings is 1. The van der Waals surface area contributed by atoms with Gasteiger partial charge in [0, 0.05) is 23.7 Å². The summed E-state index contributed by atoms with van der Waals surface area (Å²) in [7, 11) is 3.16. The van der Waals surface area contributed by atoms with Crippen molar-refractivity contribution in [3.8, 4) is 11.5 Å². The predicted octanol–water partition coefficient (Wildman–Crippen LogP) is 1.10. The lowest BCUT2D eigenvalue weighted by Crippen LogP contribution is -2.49. The van der Waals surface area contributed by atoms with Crippen LogP contribution >= 0.6 is 0 Å². The zero-order valence-corrected chi connectivity index (χ0v) is 11.9. The molecule has 0 spiro atoms. The molecule has 0 saturated heterocycles. The highest BCUT2D eigenvalue weighted by Gasteiger charge is 2.19. The molecule has 0 saturated carbocycles. The third kappa shape index (κ3) is 4.44. The number of ether oxygens (including phenoxy) is 2. The molecule has 1 rings (SSSR count). The molecule has 5 heteroatoms. The predicted molar refractivity (Wildman–Crippen MR) is 74.5 cm³/mol. The van der Waals surface area contributed by atoms with Crippen LogP contribution in [0.25, 0.3) is 0 Å². The Hall–Kier alpha value is -1.75. The van der Waals surface area contributed by atoms with Crippen LogP contribution in [0, 0.1) is 0 Å². The van der Waals surface area contributed by atoms with E-state index in [-0.39, 0.29) is 12.3 Å². The van der Waals surface area contributed by atoms with Crippen molar-refractivity contribution < 1.29 is 14.3 Å². The first-order valence-electron chi connectivity index (χ1n) is 6.14. The normalized spacial score (nSPS) is 11.0. The molecule has 1 amide bonds. The van der Waals surface area contributed by atoms with Crippen LogP contribution in [0.1, 0.15) is 19.4 Å². The molecule has 1 aromatic carbocycles. The third-order valence-corrected chi connectivity index (χ3v) is 2.83. The number of rotatable bonds is 6. The van der Waals surface area contributed by atoms with Gasteiger partial charge in [0.1, 0.15) is 11.5 Å². The van der Waals surface area contributed by atoms with E-state index in [9.17, 15) is 4.79 Å². The maximum atomic E-state index is 12.0. The maximum absolute atomic E-state index is 12.0. The third-order valence-electron chi connectivity index (χ3n) is 2.83. The molecular formula is C14H22N2O3. The van der Waals surface area contributed by atoms with Crippen LogP contribution in [0.3, 0.4) is 0 Å². The Kier molecular flexibility index (Phi) is 5.18. The van der Waals surface area contributed by atoms with Gasteiger partial charge >= 0.3 is 0 Å². The van der Waals surface area contributed by atoms with E-state index >= 15 is 0 Å². The Bertz CT molecular complexity index is 444. The highest BCUT2D eigenvalue weighted by atomic mass is 16.5. The molecule has 0 aliphatic heterocycles. The molecular weight excluding hydrogens is 244 g/mol. The Morgan fingerprint density at radius 3 is 2.53 bits per heavy atom. The fraction of sp³-hybridized carbons (Fsp3) is 0.500. The van der Waals surface area contributed by atoms with Gasteiger partial charge in [-0.2, -0.15) is 0 Å². The highest BCUT2D eigenvalue weighted by Crippen LogP contribution is 2.25. The van der Waals surface area contributed by atoms with Gasteiger partial charge in [-0.05, 0) is 19.9 Å². The van der Waals surface area contributed by atoms with Crippen molar-refractivity contribution in [1.29, 1.82) is 0 Å². The number of carbonyl (C=O) groups excluding carboxylic acids is 1. The molecule has 106 valence electrons. The van der Waals surface area contributed by atoms with Crippen molar-refractivity contribution in [3.63, 3.8) is 0 Å². The first kappa shape index (κ1) is 15.3. The lowest BCUT2D eigenvalue weighted by atomic mass is 10.0. The van der Waals surface area contributed by atoms with Crippen LogP contribution < -0.4 is 20.5 Å². The molecule has 5 nitrogen and oxygen atoms in total. The monoisotopic (exact) mass is 266 g/mol. The summed E-state index contributed by atoms with van der Waals surface area (Å²) in [5.41, 5.74) is 5.99. The topological polar surface area (TPSA) is 73.6 Å². The van der Waals surface area contributed by atoms with Crippen molar-refractivity contribution in [2.45, 2.75) is 25.8 Å². The summed E-state index contributed by atoms with van der Waals surface area (Å²) in [6.07, 6.45) is 0.247. The molecule has 0 atom stereocenters. The van der Waals surface area contributed by atoms with E-state index in [1.165, 1.54) is 0 Å². The molecule has 0 fully saturated rings. The van der Waals surface area contributed by atoms with Crippen molar-refractivity contribution in [1.82, 2.24) is 5.32 Å². The zero-order chi connectivity index (χ0) is 14.5. The minimum Gasteiger partial charge on any atom is -0.497 e. The average Bonchev–Trinajstić information content (AvgIpc) is 2.38. The molecule has 0 heterocycles. The van der Waals surface area contributed by atoms with E-state index in [2.05, 4.69) is 5.32 Å². The second-order valence-electron chi connectivity index (χ2n) is 4.99. The van der Waals surface area contributed by atoms with Crippen LogP contribution in [-0.2, 0) is 11.2 Å². The summed E-state index contributed by atoms with van der Waals surface area (Å²) in [6, 6.07) is 5.39.